The number of hydrogen-bond acceptors (Lipinski definition) is 2. The maximum Gasteiger partial charge on any atom is 0.0949 e. The summed E-state index contributed by atoms with van der Waals surface area (Å²) in [6.07, 6.45) is 9.40. The van der Waals surface area contributed by atoms with E-state index in [2.05, 4.69) is 21.8 Å². The van der Waals surface area contributed by atoms with E-state index in [-0.39, 0.29) is 6.04 Å². The molecule has 2 aromatic rings. The minimum atomic E-state index is 0.198. The van der Waals surface area contributed by atoms with Crippen molar-refractivity contribution in [2.75, 3.05) is 0 Å². The Balaban J connectivity index is 1.73. The van der Waals surface area contributed by atoms with E-state index in [0.29, 0.717) is 17.1 Å². The van der Waals surface area contributed by atoms with Gasteiger partial charge in [0.2, 0.25) is 0 Å². The van der Waals surface area contributed by atoms with Crippen LogP contribution in [0.2, 0.25) is 10.0 Å². The standard InChI is InChI=1S/C16H19Cl2N3/c1-11(13-6-5-12(17)9-14(13)18)20-15-3-2-4-16(15)21-8-7-19-10-21/h5-11,15-16,20H,2-4H2,1H3. The Bertz CT molecular complexity index is 598. The zero-order valence-electron chi connectivity index (χ0n) is 12.0. The third-order valence-electron chi connectivity index (χ3n) is 4.28. The molecule has 0 aliphatic heterocycles. The topological polar surface area (TPSA) is 29.9 Å². The molecule has 3 nitrogen and oxygen atoms in total. The van der Waals surface area contributed by atoms with Gasteiger partial charge in [0.1, 0.15) is 0 Å². The van der Waals surface area contributed by atoms with Gasteiger partial charge in [0, 0.05) is 40.6 Å². The van der Waals surface area contributed by atoms with Gasteiger partial charge in [-0.3, -0.25) is 0 Å². The second kappa shape index (κ2) is 6.39. The summed E-state index contributed by atoms with van der Waals surface area (Å²) in [7, 11) is 0. The smallest absolute Gasteiger partial charge is 0.0949 e. The van der Waals surface area contributed by atoms with Gasteiger partial charge in [-0.15, -0.1) is 0 Å². The predicted octanol–water partition coefficient (Wildman–Crippen LogP) is 4.63. The van der Waals surface area contributed by atoms with Gasteiger partial charge in [-0.25, -0.2) is 4.98 Å². The highest BCUT2D eigenvalue weighted by molar-refractivity contribution is 6.35. The average molecular weight is 324 g/mol. The normalized spacial score (nSPS) is 23.4. The van der Waals surface area contributed by atoms with E-state index in [1.165, 1.54) is 19.3 Å². The lowest BCUT2D eigenvalue weighted by Gasteiger charge is -2.26. The molecule has 0 radical (unpaired) electrons. The summed E-state index contributed by atoms with van der Waals surface area (Å²) in [6, 6.07) is 6.82. The fourth-order valence-electron chi connectivity index (χ4n) is 3.22. The average Bonchev–Trinajstić information content (AvgIpc) is 3.08. The molecular formula is C16H19Cl2N3. The lowest BCUT2D eigenvalue weighted by Crippen LogP contribution is -2.35. The van der Waals surface area contributed by atoms with Gasteiger partial charge in [0.25, 0.3) is 0 Å². The SMILES string of the molecule is CC(NC1CCCC1n1ccnc1)c1ccc(Cl)cc1Cl. The molecule has 0 amide bonds. The third kappa shape index (κ3) is 3.25. The Morgan fingerprint density at radius 1 is 1.33 bits per heavy atom. The Morgan fingerprint density at radius 2 is 2.19 bits per heavy atom. The van der Waals surface area contributed by atoms with Gasteiger partial charge < -0.3 is 9.88 Å². The summed E-state index contributed by atoms with van der Waals surface area (Å²) < 4.78 is 2.21. The van der Waals surface area contributed by atoms with Crippen molar-refractivity contribution in [1.29, 1.82) is 0 Å². The number of imidazole rings is 1. The van der Waals surface area contributed by atoms with Crippen molar-refractivity contribution in [3.05, 3.63) is 52.5 Å². The van der Waals surface area contributed by atoms with Gasteiger partial charge in [-0.05, 0) is 43.9 Å². The number of halogens is 2. The number of nitrogens with zero attached hydrogens (tertiary/aromatic N) is 2. The largest absolute Gasteiger partial charge is 0.333 e. The molecule has 1 aliphatic carbocycles. The highest BCUT2D eigenvalue weighted by Gasteiger charge is 2.29. The molecule has 1 fully saturated rings. The van der Waals surface area contributed by atoms with Gasteiger partial charge in [0.05, 0.1) is 6.33 Å². The fraction of sp³-hybridized carbons (Fsp3) is 0.438. The minimum absolute atomic E-state index is 0.198. The fourth-order valence-corrected chi connectivity index (χ4v) is 3.79. The van der Waals surface area contributed by atoms with Crippen LogP contribution in [-0.4, -0.2) is 15.6 Å². The van der Waals surface area contributed by atoms with E-state index in [1.54, 1.807) is 6.07 Å². The van der Waals surface area contributed by atoms with E-state index < -0.39 is 0 Å². The molecule has 112 valence electrons. The summed E-state index contributed by atoms with van der Waals surface area (Å²) in [5, 5.41) is 5.11. The zero-order chi connectivity index (χ0) is 14.8. The lowest BCUT2D eigenvalue weighted by atomic mass is 10.1. The second-order valence-corrected chi connectivity index (χ2v) is 6.51. The summed E-state index contributed by atoms with van der Waals surface area (Å²) in [4.78, 5) is 4.16. The number of hydrogen-bond donors (Lipinski definition) is 1. The summed E-state index contributed by atoms with van der Waals surface area (Å²) in [5.41, 5.74) is 1.09. The van der Waals surface area contributed by atoms with Gasteiger partial charge in [-0.2, -0.15) is 0 Å². The zero-order valence-corrected chi connectivity index (χ0v) is 13.5. The van der Waals surface area contributed by atoms with Gasteiger partial charge in [-0.1, -0.05) is 29.3 Å². The number of rotatable bonds is 4. The van der Waals surface area contributed by atoms with Crippen LogP contribution in [0.1, 0.15) is 43.8 Å². The monoisotopic (exact) mass is 323 g/mol. The van der Waals surface area contributed by atoms with Crippen molar-refractivity contribution >= 4 is 23.2 Å². The molecule has 1 saturated carbocycles. The second-order valence-electron chi connectivity index (χ2n) is 5.67. The Labute approximate surface area is 135 Å². The van der Waals surface area contributed by atoms with Crippen LogP contribution in [0.15, 0.2) is 36.9 Å². The van der Waals surface area contributed by atoms with Crippen LogP contribution in [-0.2, 0) is 0 Å². The van der Waals surface area contributed by atoms with Crippen molar-refractivity contribution < 1.29 is 0 Å². The Kier molecular flexibility index (Phi) is 4.53. The first-order valence-corrected chi connectivity index (χ1v) is 8.09. The summed E-state index contributed by atoms with van der Waals surface area (Å²) >= 11 is 12.3. The van der Waals surface area contributed by atoms with Crippen molar-refractivity contribution in [3.8, 4) is 0 Å². The van der Waals surface area contributed by atoms with Crippen molar-refractivity contribution in [3.63, 3.8) is 0 Å². The van der Waals surface area contributed by atoms with E-state index in [1.807, 2.05) is 30.9 Å². The van der Waals surface area contributed by atoms with Crippen LogP contribution < -0.4 is 5.32 Å². The molecule has 1 aromatic carbocycles. The maximum atomic E-state index is 6.31. The first-order chi connectivity index (χ1) is 10.1. The van der Waals surface area contributed by atoms with Gasteiger partial charge >= 0.3 is 0 Å². The predicted molar refractivity (Wildman–Crippen MR) is 86.9 cm³/mol. The van der Waals surface area contributed by atoms with Crippen molar-refractivity contribution in [2.45, 2.75) is 44.3 Å². The van der Waals surface area contributed by atoms with Crippen LogP contribution in [0.3, 0.4) is 0 Å². The molecule has 0 saturated heterocycles. The number of nitrogens with one attached hydrogen (secondary N) is 1. The highest BCUT2D eigenvalue weighted by Crippen LogP contribution is 2.33. The quantitative estimate of drug-likeness (QED) is 0.888. The third-order valence-corrected chi connectivity index (χ3v) is 4.84. The maximum absolute atomic E-state index is 6.31. The molecule has 0 spiro atoms. The molecule has 0 bridgehead atoms. The lowest BCUT2D eigenvalue weighted by molar-refractivity contribution is 0.362. The molecule has 3 rings (SSSR count). The van der Waals surface area contributed by atoms with Crippen molar-refractivity contribution in [1.82, 2.24) is 14.9 Å². The van der Waals surface area contributed by atoms with Crippen LogP contribution in [0.5, 0.6) is 0 Å². The molecule has 5 heteroatoms. The molecule has 3 unspecified atom stereocenters. The first kappa shape index (κ1) is 14.9. The molecule has 1 heterocycles. The molecule has 1 aromatic heterocycles. The van der Waals surface area contributed by atoms with E-state index in [4.69, 9.17) is 23.2 Å². The first-order valence-electron chi connectivity index (χ1n) is 7.33. The van der Waals surface area contributed by atoms with Crippen molar-refractivity contribution in [2.24, 2.45) is 0 Å². The minimum Gasteiger partial charge on any atom is -0.333 e. The highest BCUT2D eigenvalue weighted by atomic mass is 35.5. The van der Waals surface area contributed by atoms with Crippen LogP contribution in [0.25, 0.3) is 0 Å². The van der Waals surface area contributed by atoms with E-state index in [9.17, 15) is 0 Å². The van der Waals surface area contributed by atoms with Crippen LogP contribution >= 0.6 is 23.2 Å². The van der Waals surface area contributed by atoms with Crippen LogP contribution in [0.4, 0.5) is 0 Å². The molecular weight excluding hydrogens is 305 g/mol. The summed E-state index contributed by atoms with van der Waals surface area (Å²) in [5.74, 6) is 0. The van der Waals surface area contributed by atoms with Crippen LogP contribution in [0, 0.1) is 0 Å². The number of aromatic nitrogens is 2. The Hall–Kier alpha value is -1.03. The Morgan fingerprint density at radius 3 is 2.90 bits per heavy atom. The van der Waals surface area contributed by atoms with E-state index >= 15 is 0 Å². The van der Waals surface area contributed by atoms with Gasteiger partial charge in [0.15, 0.2) is 0 Å². The van der Waals surface area contributed by atoms with E-state index in [0.717, 1.165) is 10.6 Å². The molecule has 1 aliphatic rings. The molecule has 3 atom stereocenters. The number of benzene rings is 1. The molecule has 1 N–H and O–H groups in total. The molecule has 21 heavy (non-hydrogen) atoms. The summed E-state index contributed by atoms with van der Waals surface area (Å²) in [6.45, 7) is 2.15.